The molecule has 1 N–H and O–H groups in total. The molecule has 1 aliphatic heterocycles. The zero-order chi connectivity index (χ0) is 9.95. The highest BCUT2D eigenvalue weighted by atomic mass is 32.2. The van der Waals surface area contributed by atoms with Crippen molar-refractivity contribution >= 4 is 9.84 Å². The van der Waals surface area contributed by atoms with Crippen molar-refractivity contribution in [2.24, 2.45) is 5.41 Å². The molecule has 3 nitrogen and oxygen atoms in total. The van der Waals surface area contributed by atoms with Gasteiger partial charge in [-0.3, -0.25) is 0 Å². The minimum atomic E-state index is -2.75. The van der Waals surface area contributed by atoms with Crippen LogP contribution in [0.4, 0.5) is 0 Å². The van der Waals surface area contributed by atoms with Gasteiger partial charge in [0, 0.05) is 18.8 Å². The summed E-state index contributed by atoms with van der Waals surface area (Å²) in [7, 11) is -2.75. The quantitative estimate of drug-likeness (QED) is 0.722. The van der Waals surface area contributed by atoms with E-state index < -0.39 is 9.84 Å². The molecule has 0 aromatic rings. The number of nitrogens with one attached hydrogen (secondary N) is 1. The van der Waals surface area contributed by atoms with E-state index >= 15 is 0 Å². The molecular weight excluding hydrogens is 186 g/mol. The first-order valence-electron chi connectivity index (χ1n) is 4.89. The van der Waals surface area contributed by atoms with Crippen LogP contribution in [0.3, 0.4) is 0 Å². The number of hydrogen-bond acceptors (Lipinski definition) is 3. The van der Waals surface area contributed by atoms with Gasteiger partial charge in [0.2, 0.25) is 0 Å². The lowest BCUT2D eigenvalue weighted by atomic mass is 9.80. The minimum absolute atomic E-state index is 0.280. The van der Waals surface area contributed by atoms with Gasteiger partial charge < -0.3 is 5.32 Å². The van der Waals surface area contributed by atoms with Crippen LogP contribution in [-0.2, 0) is 9.84 Å². The van der Waals surface area contributed by atoms with Crippen molar-refractivity contribution in [3.8, 4) is 0 Å². The van der Waals surface area contributed by atoms with E-state index in [0.29, 0.717) is 11.2 Å². The van der Waals surface area contributed by atoms with Crippen LogP contribution >= 0.6 is 0 Å². The Labute approximate surface area is 80.8 Å². The largest absolute Gasteiger partial charge is 0.316 e. The highest BCUT2D eigenvalue weighted by Crippen LogP contribution is 2.27. The zero-order valence-corrected chi connectivity index (χ0v) is 9.28. The second kappa shape index (κ2) is 3.96. The van der Waals surface area contributed by atoms with Gasteiger partial charge in [0.15, 0.2) is 0 Å². The Morgan fingerprint density at radius 2 is 2.00 bits per heavy atom. The molecule has 0 saturated carbocycles. The van der Waals surface area contributed by atoms with Gasteiger partial charge in [-0.15, -0.1) is 0 Å². The topological polar surface area (TPSA) is 46.2 Å². The summed E-state index contributed by atoms with van der Waals surface area (Å²) in [5, 5.41) is 3.21. The van der Waals surface area contributed by atoms with E-state index in [1.807, 2.05) is 0 Å². The van der Waals surface area contributed by atoms with Crippen molar-refractivity contribution in [2.45, 2.75) is 26.7 Å². The molecule has 0 aliphatic carbocycles. The number of hydrogen-bond donors (Lipinski definition) is 1. The van der Waals surface area contributed by atoms with Gasteiger partial charge in [0.25, 0.3) is 0 Å². The molecule has 0 unspecified atom stereocenters. The molecule has 1 fully saturated rings. The van der Waals surface area contributed by atoms with Gasteiger partial charge in [-0.05, 0) is 18.3 Å². The third kappa shape index (κ3) is 3.27. The Morgan fingerprint density at radius 1 is 1.38 bits per heavy atom. The van der Waals surface area contributed by atoms with Crippen LogP contribution < -0.4 is 5.32 Å². The minimum Gasteiger partial charge on any atom is -0.316 e. The second-order valence-electron chi connectivity index (χ2n) is 4.25. The highest BCUT2D eigenvalue weighted by molar-refractivity contribution is 7.91. The SMILES string of the molecule is CCS(=O)(=O)CCCC1(C)CNC1. The number of sulfone groups is 1. The monoisotopic (exact) mass is 205 g/mol. The average Bonchev–Trinajstić information content (AvgIpc) is 2.01. The molecular formula is C9H19NO2S. The van der Waals surface area contributed by atoms with E-state index in [1.54, 1.807) is 6.92 Å². The maximum absolute atomic E-state index is 11.2. The molecule has 0 amide bonds. The summed E-state index contributed by atoms with van der Waals surface area (Å²) < 4.78 is 22.4. The molecule has 1 rings (SSSR count). The molecule has 0 bridgehead atoms. The summed E-state index contributed by atoms with van der Waals surface area (Å²) in [4.78, 5) is 0. The first-order chi connectivity index (χ1) is 5.97. The van der Waals surface area contributed by atoms with Crippen LogP contribution in [0.1, 0.15) is 26.7 Å². The summed E-state index contributed by atoms with van der Waals surface area (Å²) in [5.74, 6) is 0.640. The van der Waals surface area contributed by atoms with Crippen LogP contribution in [0.25, 0.3) is 0 Å². The summed E-state index contributed by atoms with van der Waals surface area (Å²) in [6.45, 7) is 6.00. The Balaban J connectivity index is 2.21. The predicted octanol–water partition coefficient (Wildman–Crippen LogP) is 0.811. The zero-order valence-electron chi connectivity index (χ0n) is 8.47. The maximum Gasteiger partial charge on any atom is 0.150 e. The predicted molar refractivity (Wildman–Crippen MR) is 54.5 cm³/mol. The molecule has 0 aromatic carbocycles. The molecule has 0 radical (unpaired) electrons. The fourth-order valence-electron chi connectivity index (χ4n) is 1.59. The van der Waals surface area contributed by atoms with Crippen LogP contribution in [0, 0.1) is 5.41 Å². The Morgan fingerprint density at radius 3 is 2.38 bits per heavy atom. The van der Waals surface area contributed by atoms with Gasteiger partial charge in [-0.25, -0.2) is 8.42 Å². The fraction of sp³-hybridized carbons (Fsp3) is 1.00. The average molecular weight is 205 g/mol. The molecule has 1 aliphatic rings. The van der Waals surface area contributed by atoms with Gasteiger partial charge in [-0.2, -0.15) is 0 Å². The molecule has 0 spiro atoms. The van der Waals surface area contributed by atoms with Crippen LogP contribution in [0.15, 0.2) is 0 Å². The van der Waals surface area contributed by atoms with Crippen LogP contribution in [0.5, 0.6) is 0 Å². The summed E-state index contributed by atoms with van der Waals surface area (Å²) in [6.07, 6.45) is 1.84. The molecule has 0 atom stereocenters. The van der Waals surface area contributed by atoms with Crippen LogP contribution in [-0.4, -0.2) is 33.0 Å². The van der Waals surface area contributed by atoms with Crippen LogP contribution in [0.2, 0.25) is 0 Å². The smallest absolute Gasteiger partial charge is 0.150 e. The third-order valence-electron chi connectivity index (χ3n) is 2.78. The van der Waals surface area contributed by atoms with Crippen molar-refractivity contribution in [1.29, 1.82) is 0 Å². The van der Waals surface area contributed by atoms with Crippen molar-refractivity contribution in [2.75, 3.05) is 24.6 Å². The van der Waals surface area contributed by atoms with E-state index in [2.05, 4.69) is 12.2 Å². The molecule has 0 aromatic heterocycles. The third-order valence-corrected chi connectivity index (χ3v) is 4.57. The fourth-order valence-corrected chi connectivity index (χ4v) is 2.46. The standard InChI is InChI=1S/C9H19NO2S/c1-3-13(11,12)6-4-5-9(2)7-10-8-9/h10H,3-8H2,1-2H3. The van der Waals surface area contributed by atoms with Crippen molar-refractivity contribution in [1.82, 2.24) is 5.32 Å². The van der Waals surface area contributed by atoms with Gasteiger partial charge >= 0.3 is 0 Å². The van der Waals surface area contributed by atoms with E-state index in [9.17, 15) is 8.42 Å². The van der Waals surface area contributed by atoms with Crippen molar-refractivity contribution < 1.29 is 8.42 Å². The lowest BCUT2D eigenvalue weighted by Gasteiger charge is -2.39. The van der Waals surface area contributed by atoms with E-state index in [4.69, 9.17) is 0 Å². The maximum atomic E-state index is 11.2. The van der Waals surface area contributed by atoms with Crippen molar-refractivity contribution in [3.05, 3.63) is 0 Å². The Hall–Kier alpha value is -0.0900. The van der Waals surface area contributed by atoms with E-state index in [1.165, 1.54) is 0 Å². The lowest BCUT2D eigenvalue weighted by Crippen LogP contribution is -2.51. The summed E-state index contributed by atoms with van der Waals surface area (Å²) >= 11 is 0. The first-order valence-corrected chi connectivity index (χ1v) is 6.71. The van der Waals surface area contributed by atoms with E-state index in [0.717, 1.165) is 25.9 Å². The number of rotatable bonds is 5. The summed E-state index contributed by atoms with van der Waals surface area (Å²) in [6, 6.07) is 0. The van der Waals surface area contributed by atoms with Gasteiger partial charge in [-0.1, -0.05) is 13.8 Å². The van der Waals surface area contributed by atoms with Crippen molar-refractivity contribution in [3.63, 3.8) is 0 Å². The Bertz CT molecular complexity index is 255. The van der Waals surface area contributed by atoms with Gasteiger partial charge in [0.1, 0.15) is 9.84 Å². The second-order valence-corrected chi connectivity index (χ2v) is 6.73. The molecule has 4 heteroatoms. The first kappa shape index (κ1) is 11.0. The normalized spacial score (nSPS) is 21.1. The molecule has 1 saturated heterocycles. The molecule has 13 heavy (non-hydrogen) atoms. The highest BCUT2D eigenvalue weighted by Gasteiger charge is 2.30. The lowest BCUT2D eigenvalue weighted by molar-refractivity contribution is 0.178. The van der Waals surface area contributed by atoms with E-state index in [-0.39, 0.29) is 5.75 Å². The molecule has 78 valence electrons. The van der Waals surface area contributed by atoms with Gasteiger partial charge in [0.05, 0.1) is 5.75 Å². The Kier molecular flexibility index (Phi) is 3.35. The molecule has 1 heterocycles. The summed E-state index contributed by atoms with van der Waals surface area (Å²) in [5.41, 5.74) is 0.364.